The van der Waals surface area contributed by atoms with Gasteiger partial charge in [0.25, 0.3) is 5.91 Å². The number of carbonyl (C=O) groups excluding carboxylic acids is 2. The van der Waals surface area contributed by atoms with Crippen LogP contribution in [0.5, 0.6) is 5.75 Å². The van der Waals surface area contributed by atoms with E-state index in [4.69, 9.17) is 4.74 Å². The van der Waals surface area contributed by atoms with Crippen LogP contribution in [0.1, 0.15) is 23.6 Å². The Bertz CT molecular complexity index is 1100. The topological polar surface area (TPSA) is 126 Å². The molecule has 2 amide bonds. The van der Waals surface area contributed by atoms with Gasteiger partial charge in [-0.1, -0.05) is 42.5 Å². The molecule has 1 heterocycles. The van der Waals surface area contributed by atoms with Crippen LogP contribution in [0.2, 0.25) is 6.32 Å². The summed E-state index contributed by atoms with van der Waals surface area (Å²) >= 11 is 0. The predicted octanol–water partition coefficient (Wildman–Crippen LogP) is 1.47. The standard InChI is InChI=1S/C26H31BN4O5/c1-30-11-13-31(14-12-30)26(33)22(19-28)16-20-6-5-9-23(17-20)36-15-10-25(32)29-24(18-27(34)35)21-7-3-2-4-8-21/h2-9,16-17,24,34-35H,10-15,18H2,1H3,(H,29,32)/t24-/m0/s1. The third kappa shape index (κ3) is 8.24. The molecule has 1 aliphatic rings. The molecule has 0 aromatic heterocycles. The summed E-state index contributed by atoms with van der Waals surface area (Å²) in [6, 6.07) is 17.6. The zero-order valence-electron chi connectivity index (χ0n) is 20.3. The number of hydrogen-bond acceptors (Lipinski definition) is 7. The highest BCUT2D eigenvalue weighted by Gasteiger charge is 2.22. The maximum Gasteiger partial charge on any atom is 0.453 e. The predicted molar refractivity (Wildman–Crippen MR) is 137 cm³/mol. The average molecular weight is 490 g/mol. The van der Waals surface area contributed by atoms with Crippen molar-refractivity contribution in [1.82, 2.24) is 15.1 Å². The van der Waals surface area contributed by atoms with Crippen LogP contribution in [0.3, 0.4) is 0 Å². The number of carbonyl (C=O) groups is 2. The maximum atomic E-state index is 12.7. The lowest BCUT2D eigenvalue weighted by molar-refractivity contribution is -0.128. The molecule has 0 aliphatic carbocycles. The van der Waals surface area contributed by atoms with E-state index >= 15 is 0 Å². The third-order valence-corrected chi connectivity index (χ3v) is 5.89. The monoisotopic (exact) mass is 490 g/mol. The van der Waals surface area contributed by atoms with Crippen molar-refractivity contribution in [3.63, 3.8) is 0 Å². The molecule has 0 saturated carbocycles. The van der Waals surface area contributed by atoms with Crippen molar-refractivity contribution in [2.75, 3.05) is 39.8 Å². The molecule has 36 heavy (non-hydrogen) atoms. The van der Waals surface area contributed by atoms with Crippen molar-refractivity contribution in [2.45, 2.75) is 18.8 Å². The molecular weight excluding hydrogens is 459 g/mol. The van der Waals surface area contributed by atoms with Crippen LogP contribution in [-0.4, -0.2) is 78.6 Å². The molecule has 1 aliphatic heterocycles. The van der Waals surface area contributed by atoms with Gasteiger partial charge in [0, 0.05) is 32.5 Å². The molecule has 2 aromatic carbocycles. The number of nitrogens with one attached hydrogen (secondary N) is 1. The number of amides is 2. The lowest BCUT2D eigenvalue weighted by Crippen LogP contribution is -2.47. The van der Waals surface area contributed by atoms with Gasteiger partial charge in [0.2, 0.25) is 5.91 Å². The molecule has 0 unspecified atom stereocenters. The highest BCUT2D eigenvalue weighted by atomic mass is 16.5. The highest BCUT2D eigenvalue weighted by molar-refractivity contribution is 6.41. The van der Waals surface area contributed by atoms with Crippen LogP contribution in [0.25, 0.3) is 6.08 Å². The Morgan fingerprint density at radius 2 is 1.86 bits per heavy atom. The Kier molecular flexibility index (Phi) is 10.1. The molecule has 1 atom stereocenters. The first-order chi connectivity index (χ1) is 17.4. The number of benzene rings is 2. The number of rotatable bonds is 10. The van der Waals surface area contributed by atoms with E-state index in [2.05, 4.69) is 10.2 Å². The van der Waals surface area contributed by atoms with E-state index in [-0.39, 0.29) is 36.7 Å². The molecule has 0 radical (unpaired) electrons. The van der Waals surface area contributed by atoms with Crippen molar-refractivity contribution in [2.24, 2.45) is 0 Å². The summed E-state index contributed by atoms with van der Waals surface area (Å²) in [6.07, 6.45) is 1.58. The quantitative estimate of drug-likeness (QED) is 0.262. The first-order valence-corrected chi connectivity index (χ1v) is 11.9. The number of hydrogen-bond donors (Lipinski definition) is 3. The van der Waals surface area contributed by atoms with Gasteiger partial charge in [0.1, 0.15) is 17.4 Å². The zero-order valence-corrected chi connectivity index (χ0v) is 20.3. The fourth-order valence-electron chi connectivity index (χ4n) is 3.89. The van der Waals surface area contributed by atoms with Crippen molar-refractivity contribution < 1.29 is 24.4 Å². The van der Waals surface area contributed by atoms with Crippen LogP contribution in [0, 0.1) is 11.3 Å². The Hall–Kier alpha value is -3.65. The minimum atomic E-state index is -1.55. The van der Waals surface area contributed by atoms with Gasteiger partial charge < -0.3 is 29.9 Å². The summed E-state index contributed by atoms with van der Waals surface area (Å²) in [6.45, 7) is 2.82. The minimum Gasteiger partial charge on any atom is -0.493 e. The van der Waals surface area contributed by atoms with Crippen LogP contribution in [0.15, 0.2) is 60.2 Å². The number of nitrogens with zero attached hydrogens (tertiary/aromatic N) is 3. The average Bonchev–Trinajstić information content (AvgIpc) is 2.87. The van der Waals surface area contributed by atoms with E-state index in [9.17, 15) is 24.9 Å². The van der Waals surface area contributed by atoms with Gasteiger partial charge in [-0.3, -0.25) is 9.59 Å². The molecule has 1 fully saturated rings. The van der Waals surface area contributed by atoms with Crippen LogP contribution < -0.4 is 10.1 Å². The Balaban J connectivity index is 1.55. The second kappa shape index (κ2) is 13.4. The van der Waals surface area contributed by atoms with E-state index in [0.29, 0.717) is 24.4 Å². The smallest absolute Gasteiger partial charge is 0.453 e. The fourth-order valence-corrected chi connectivity index (χ4v) is 3.89. The number of nitriles is 1. The molecule has 0 bridgehead atoms. The lowest BCUT2D eigenvalue weighted by atomic mass is 9.79. The van der Waals surface area contributed by atoms with Gasteiger partial charge in [-0.15, -0.1) is 0 Å². The van der Waals surface area contributed by atoms with E-state index < -0.39 is 13.2 Å². The van der Waals surface area contributed by atoms with Crippen LogP contribution >= 0.6 is 0 Å². The highest BCUT2D eigenvalue weighted by Crippen LogP contribution is 2.19. The van der Waals surface area contributed by atoms with Gasteiger partial charge in [-0.2, -0.15) is 5.26 Å². The molecule has 3 N–H and O–H groups in total. The third-order valence-electron chi connectivity index (χ3n) is 5.89. The van der Waals surface area contributed by atoms with Gasteiger partial charge >= 0.3 is 7.12 Å². The Morgan fingerprint density at radius 3 is 2.53 bits per heavy atom. The summed E-state index contributed by atoms with van der Waals surface area (Å²) in [4.78, 5) is 29.0. The SMILES string of the molecule is CN1CCN(C(=O)C(C#N)=Cc2cccc(OCCC(=O)N[C@@H](CB(O)O)c3ccccc3)c2)CC1. The number of likely N-dealkylation sites (N-methyl/N-ethyl adjacent to an activating group) is 1. The lowest BCUT2D eigenvalue weighted by Gasteiger charge is -2.32. The summed E-state index contributed by atoms with van der Waals surface area (Å²) < 4.78 is 5.72. The second-order valence-electron chi connectivity index (χ2n) is 8.68. The molecule has 188 valence electrons. The van der Waals surface area contributed by atoms with E-state index in [0.717, 1.165) is 18.7 Å². The van der Waals surface area contributed by atoms with Crippen molar-refractivity contribution in [1.29, 1.82) is 5.26 Å². The summed E-state index contributed by atoms with van der Waals surface area (Å²) in [7, 11) is 0.447. The van der Waals surface area contributed by atoms with E-state index in [1.165, 1.54) is 0 Å². The van der Waals surface area contributed by atoms with Gasteiger partial charge in [-0.25, -0.2) is 0 Å². The van der Waals surface area contributed by atoms with Gasteiger partial charge in [-0.05, 0) is 36.4 Å². The van der Waals surface area contributed by atoms with E-state index in [1.54, 1.807) is 35.2 Å². The van der Waals surface area contributed by atoms with Crippen molar-refractivity contribution >= 4 is 25.0 Å². The van der Waals surface area contributed by atoms with Crippen LogP contribution in [-0.2, 0) is 9.59 Å². The molecule has 3 rings (SSSR count). The van der Waals surface area contributed by atoms with Gasteiger partial charge in [0.05, 0.1) is 19.1 Å². The Morgan fingerprint density at radius 1 is 1.14 bits per heavy atom. The Labute approximate surface area is 211 Å². The summed E-state index contributed by atoms with van der Waals surface area (Å²) in [5.74, 6) is -0.0640. The van der Waals surface area contributed by atoms with Gasteiger partial charge in [0.15, 0.2) is 0 Å². The van der Waals surface area contributed by atoms with Crippen molar-refractivity contribution in [3.8, 4) is 11.8 Å². The summed E-state index contributed by atoms with van der Waals surface area (Å²) in [5.41, 5.74) is 1.49. The molecular formula is C26H31BN4O5. The second-order valence-corrected chi connectivity index (χ2v) is 8.68. The number of ether oxygens (including phenoxy) is 1. The molecule has 9 nitrogen and oxygen atoms in total. The minimum absolute atomic E-state index is 0.0287. The number of piperazine rings is 1. The zero-order chi connectivity index (χ0) is 25.9. The maximum absolute atomic E-state index is 12.7. The largest absolute Gasteiger partial charge is 0.493 e. The summed E-state index contributed by atoms with van der Waals surface area (Å²) in [5, 5.41) is 31.1. The first kappa shape index (κ1) is 27.0. The normalized spacial score (nSPS) is 15.1. The van der Waals surface area contributed by atoms with Crippen LogP contribution in [0.4, 0.5) is 0 Å². The molecule has 1 saturated heterocycles. The molecule has 2 aromatic rings. The fraction of sp³-hybridized carbons (Fsp3) is 0.346. The molecule has 10 heteroatoms. The van der Waals surface area contributed by atoms with Crippen molar-refractivity contribution in [3.05, 3.63) is 71.3 Å². The first-order valence-electron chi connectivity index (χ1n) is 11.9. The van der Waals surface area contributed by atoms with E-state index in [1.807, 2.05) is 43.4 Å². The molecule has 0 spiro atoms.